The van der Waals surface area contributed by atoms with Crippen LogP contribution in [0, 0.1) is 0 Å². The Hall–Kier alpha value is -2.36. The number of benzene rings is 1. The molecule has 0 aliphatic heterocycles. The Morgan fingerprint density at radius 3 is 2.27 bits per heavy atom. The van der Waals surface area contributed by atoms with Crippen LogP contribution in [-0.2, 0) is 22.6 Å². The standard InChI is InChI=1S/C23H25F4N3O2S/c1-20(2,3)32-19(31)30-21(11-22(24,25)12-21)14-7-5-13(6-8-14)16-15-9-10-23(26,27)17(15)29-18(28-16)33-4/h5-8H,9-12H2,1-4H3,(H,30,31). The summed E-state index contributed by atoms with van der Waals surface area (Å²) in [5, 5.41) is 2.87. The van der Waals surface area contributed by atoms with Crippen molar-refractivity contribution in [2.45, 2.75) is 74.6 Å². The maximum absolute atomic E-state index is 14.3. The topological polar surface area (TPSA) is 64.1 Å². The number of rotatable bonds is 4. The Balaban J connectivity index is 1.67. The maximum atomic E-state index is 14.3. The van der Waals surface area contributed by atoms with Crippen molar-refractivity contribution in [3.05, 3.63) is 41.1 Å². The molecule has 1 aromatic carbocycles. The number of carbonyl (C=O) groups excluding carboxylic acids is 1. The summed E-state index contributed by atoms with van der Waals surface area (Å²) in [7, 11) is 0. The molecule has 0 bridgehead atoms. The lowest BCUT2D eigenvalue weighted by atomic mass is 9.69. The molecule has 2 aliphatic rings. The molecule has 1 aromatic heterocycles. The van der Waals surface area contributed by atoms with Crippen LogP contribution in [-0.4, -0.2) is 33.8 Å². The number of ether oxygens (including phenoxy) is 1. The lowest BCUT2D eigenvalue weighted by Crippen LogP contribution is -2.60. The SMILES string of the molecule is CSc1nc(-c2ccc(C3(NC(=O)OC(C)(C)C)CC(F)(F)C3)cc2)c2c(n1)C(F)(F)CC2. The molecule has 33 heavy (non-hydrogen) atoms. The van der Waals surface area contributed by atoms with E-state index in [4.69, 9.17) is 4.74 Å². The number of alkyl halides is 4. The second kappa shape index (κ2) is 7.85. The van der Waals surface area contributed by atoms with Gasteiger partial charge in [-0.3, -0.25) is 0 Å². The van der Waals surface area contributed by atoms with Gasteiger partial charge in [0.05, 0.1) is 11.2 Å². The predicted molar refractivity (Wildman–Crippen MR) is 117 cm³/mol. The number of alkyl carbamates (subject to hydrolysis) is 1. The number of aromatic nitrogens is 2. The molecule has 2 aromatic rings. The maximum Gasteiger partial charge on any atom is 0.408 e. The molecule has 10 heteroatoms. The first kappa shape index (κ1) is 23.8. The van der Waals surface area contributed by atoms with Gasteiger partial charge in [-0.05, 0) is 39.0 Å². The molecule has 1 amide bonds. The minimum Gasteiger partial charge on any atom is -0.444 e. The number of halogens is 4. The average Bonchev–Trinajstić information content (AvgIpc) is 2.99. The van der Waals surface area contributed by atoms with E-state index in [-0.39, 0.29) is 23.7 Å². The second-order valence-corrected chi connectivity index (χ2v) is 10.4. The van der Waals surface area contributed by atoms with Gasteiger partial charge in [-0.25, -0.2) is 23.5 Å². The summed E-state index contributed by atoms with van der Waals surface area (Å²) in [6, 6.07) is 6.58. The number of nitrogens with one attached hydrogen (secondary N) is 1. The van der Waals surface area contributed by atoms with E-state index in [0.717, 1.165) is 0 Å². The summed E-state index contributed by atoms with van der Waals surface area (Å²) in [5.41, 5.74) is -0.388. The molecule has 4 rings (SSSR count). The summed E-state index contributed by atoms with van der Waals surface area (Å²) >= 11 is 1.18. The second-order valence-electron chi connectivity index (χ2n) is 9.59. The Kier molecular flexibility index (Phi) is 5.66. The summed E-state index contributed by atoms with van der Waals surface area (Å²) in [5.74, 6) is -5.91. The molecule has 0 atom stereocenters. The molecular weight excluding hydrogens is 458 g/mol. The lowest BCUT2D eigenvalue weighted by Gasteiger charge is -2.48. The van der Waals surface area contributed by atoms with Crippen molar-refractivity contribution in [2.75, 3.05) is 6.26 Å². The zero-order valence-electron chi connectivity index (χ0n) is 18.8. The number of nitrogens with zero attached hydrogens (tertiary/aromatic N) is 2. The number of hydrogen-bond donors (Lipinski definition) is 1. The van der Waals surface area contributed by atoms with Gasteiger partial charge in [0.2, 0.25) is 0 Å². The van der Waals surface area contributed by atoms with Crippen molar-refractivity contribution in [1.82, 2.24) is 15.3 Å². The van der Waals surface area contributed by atoms with E-state index < -0.39 is 41.9 Å². The molecule has 0 radical (unpaired) electrons. The molecule has 0 saturated heterocycles. The summed E-state index contributed by atoms with van der Waals surface area (Å²) in [6.45, 7) is 5.07. The van der Waals surface area contributed by atoms with Gasteiger partial charge in [0.15, 0.2) is 5.16 Å². The van der Waals surface area contributed by atoms with Crippen LogP contribution < -0.4 is 5.32 Å². The number of hydrogen-bond acceptors (Lipinski definition) is 5. The fraction of sp³-hybridized carbons (Fsp3) is 0.522. The molecule has 178 valence electrons. The van der Waals surface area contributed by atoms with Crippen molar-refractivity contribution >= 4 is 17.9 Å². The first-order chi connectivity index (χ1) is 15.2. The van der Waals surface area contributed by atoms with Gasteiger partial charge < -0.3 is 10.1 Å². The van der Waals surface area contributed by atoms with E-state index in [1.807, 2.05) is 0 Å². The van der Waals surface area contributed by atoms with Gasteiger partial charge in [-0.15, -0.1) is 0 Å². The highest BCUT2D eigenvalue weighted by Gasteiger charge is 2.58. The molecule has 0 spiro atoms. The highest BCUT2D eigenvalue weighted by molar-refractivity contribution is 7.98. The molecule has 0 unspecified atom stereocenters. The van der Waals surface area contributed by atoms with Crippen molar-refractivity contribution in [1.29, 1.82) is 0 Å². The van der Waals surface area contributed by atoms with E-state index in [1.54, 1.807) is 51.3 Å². The van der Waals surface area contributed by atoms with Crippen LogP contribution in [0.25, 0.3) is 11.3 Å². The number of thioether (sulfide) groups is 1. The van der Waals surface area contributed by atoms with Crippen molar-refractivity contribution in [2.24, 2.45) is 0 Å². The molecule has 1 N–H and O–H groups in total. The van der Waals surface area contributed by atoms with Gasteiger partial charge in [0.25, 0.3) is 11.8 Å². The van der Waals surface area contributed by atoms with Crippen LogP contribution in [0.2, 0.25) is 0 Å². The summed E-state index contributed by atoms with van der Waals surface area (Å²) < 4.78 is 61.6. The highest BCUT2D eigenvalue weighted by Crippen LogP contribution is 2.52. The Labute approximate surface area is 193 Å². The minimum atomic E-state index is -3.00. The zero-order valence-corrected chi connectivity index (χ0v) is 19.6. The Morgan fingerprint density at radius 1 is 1.09 bits per heavy atom. The fourth-order valence-corrected chi connectivity index (χ4v) is 4.74. The number of fused-ring (bicyclic) bond motifs is 1. The van der Waals surface area contributed by atoms with E-state index >= 15 is 0 Å². The summed E-state index contributed by atoms with van der Waals surface area (Å²) in [6.07, 6.45) is -0.329. The highest BCUT2D eigenvalue weighted by atomic mass is 32.2. The van der Waals surface area contributed by atoms with Gasteiger partial charge in [0.1, 0.15) is 11.3 Å². The van der Waals surface area contributed by atoms with E-state index in [0.29, 0.717) is 22.4 Å². The van der Waals surface area contributed by atoms with Crippen LogP contribution in [0.3, 0.4) is 0 Å². The van der Waals surface area contributed by atoms with Gasteiger partial charge in [0, 0.05) is 30.4 Å². The lowest BCUT2D eigenvalue weighted by molar-refractivity contribution is -0.136. The molecule has 5 nitrogen and oxygen atoms in total. The molecule has 2 aliphatic carbocycles. The molecule has 1 fully saturated rings. The monoisotopic (exact) mass is 483 g/mol. The van der Waals surface area contributed by atoms with Gasteiger partial charge >= 0.3 is 6.09 Å². The van der Waals surface area contributed by atoms with E-state index in [1.165, 1.54) is 11.8 Å². The average molecular weight is 484 g/mol. The first-order valence-corrected chi connectivity index (χ1v) is 11.8. The quantitative estimate of drug-likeness (QED) is 0.326. The molecule has 1 saturated carbocycles. The van der Waals surface area contributed by atoms with Crippen LogP contribution in [0.5, 0.6) is 0 Å². The third-order valence-corrected chi connectivity index (χ3v) is 6.32. The van der Waals surface area contributed by atoms with Crippen molar-refractivity contribution in [3.8, 4) is 11.3 Å². The van der Waals surface area contributed by atoms with Crippen LogP contribution in [0.4, 0.5) is 22.4 Å². The van der Waals surface area contributed by atoms with E-state index in [9.17, 15) is 22.4 Å². The minimum absolute atomic E-state index is 0.157. The normalized spacial score (nSPS) is 20.0. The van der Waals surface area contributed by atoms with E-state index in [2.05, 4.69) is 15.3 Å². The zero-order chi connectivity index (χ0) is 24.2. The smallest absolute Gasteiger partial charge is 0.408 e. The third kappa shape index (κ3) is 4.67. The largest absolute Gasteiger partial charge is 0.444 e. The van der Waals surface area contributed by atoms with Gasteiger partial charge in [-0.1, -0.05) is 36.0 Å². The van der Waals surface area contributed by atoms with Gasteiger partial charge in [-0.2, -0.15) is 8.78 Å². The first-order valence-electron chi connectivity index (χ1n) is 10.6. The number of carbonyl (C=O) groups is 1. The third-order valence-electron chi connectivity index (χ3n) is 5.78. The van der Waals surface area contributed by atoms with Crippen molar-refractivity contribution < 1.29 is 27.1 Å². The van der Waals surface area contributed by atoms with Crippen LogP contribution >= 0.6 is 11.8 Å². The molecule has 1 heterocycles. The van der Waals surface area contributed by atoms with Crippen LogP contribution in [0.15, 0.2) is 29.4 Å². The molecular formula is C23H25F4N3O2S. The summed E-state index contributed by atoms with van der Waals surface area (Å²) in [4.78, 5) is 20.8. The Morgan fingerprint density at radius 2 is 1.73 bits per heavy atom. The Bertz CT molecular complexity index is 1080. The van der Waals surface area contributed by atoms with Crippen LogP contribution in [0.1, 0.15) is 56.9 Å². The fourth-order valence-electron chi connectivity index (χ4n) is 4.38. The number of amides is 1. The van der Waals surface area contributed by atoms with Crippen molar-refractivity contribution in [3.63, 3.8) is 0 Å². The predicted octanol–water partition coefficient (Wildman–Crippen LogP) is 6.05.